The summed E-state index contributed by atoms with van der Waals surface area (Å²) in [6, 6.07) is 15.8. The van der Waals surface area contributed by atoms with E-state index >= 15 is 0 Å². The van der Waals surface area contributed by atoms with Crippen LogP contribution < -0.4 is 0 Å². The molecule has 0 aliphatic rings. The van der Waals surface area contributed by atoms with E-state index in [4.69, 9.17) is 10.5 Å². The average Bonchev–Trinajstić information content (AvgIpc) is 2.27. The van der Waals surface area contributed by atoms with Crippen molar-refractivity contribution >= 4 is 10.8 Å². The Morgan fingerprint density at radius 1 is 1.14 bits per heavy atom. The van der Waals surface area contributed by atoms with E-state index in [-0.39, 0.29) is 0 Å². The van der Waals surface area contributed by atoms with Crippen LogP contribution in [0.2, 0.25) is 0 Å². The lowest BCUT2D eigenvalue weighted by Crippen LogP contribution is -1.81. The van der Waals surface area contributed by atoms with Crippen LogP contribution in [0.25, 0.3) is 10.8 Å². The van der Waals surface area contributed by atoms with Crippen LogP contribution >= 0.6 is 0 Å². The molecule has 0 heterocycles. The molecular weight excluding hydrogens is 172 g/mol. The van der Waals surface area contributed by atoms with Gasteiger partial charge in [0.15, 0.2) is 0 Å². The lowest BCUT2D eigenvalue weighted by molar-refractivity contribution is 1.48. The summed E-state index contributed by atoms with van der Waals surface area (Å²) >= 11 is 0. The van der Waals surface area contributed by atoms with E-state index in [0.717, 1.165) is 10.8 Å². The Hall–Kier alpha value is -2.32. The second-order valence-corrected chi connectivity index (χ2v) is 2.88. The van der Waals surface area contributed by atoms with E-state index in [1.54, 1.807) is 24.3 Å². The zero-order valence-electron chi connectivity index (χ0n) is 7.28. The summed E-state index contributed by atoms with van der Waals surface area (Å²) < 4.78 is 0. The van der Waals surface area contributed by atoms with Gasteiger partial charge in [-0.15, -0.1) is 0 Å². The van der Waals surface area contributed by atoms with Crippen molar-refractivity contribution in [3.8, 4) is 12.1 Å². The molecule has 0 bridgehead atoms. The van der Waals surface area contributed by atoms with Crippen LogP contribution in [0, 0.1) is 28.7 Å². The minimum absolute atomic E-state index is 0.563. The van der Waals surface area contributed by atoms with Gasteiger partial charge in [0.05, 0.1) is 23.3 Å². The Balaban J connectivity index is 2.83. The standard InChI is InChI=1S/C12H5N2/c13-7-9-4-5-12-10(6-9)2-1-3-11(12)8-14/h1-4,6H. The third kappa shape index (κ3) is 1.20. The van der Waals surface area contributed by atoms with Gasteiger partial charge in [-0.05, 0) is 29.7 Å². The van der Waals surface area contributed by atoms with Crippen LogP contribution in [0.3, 0.4) is 0 Å². The summed E-state index contributed by atoms with van der Waals surface area (Å²) in [6.45, 7) is 0. The van der Waals surface area contributed by atoms with Gasteiger partial charge in [0, 0.05) is 5.39 Å². The summed E-state index contributed by atoms with van der Waals surface area (Å²) in [6.07, 6.45) is 0. The molecular formula is C12H5N2. The minimum atomic E-state index is 0.563. The summed E-state index contributed by atoms with van der Waals surface area (Å²) in [4.78, 5) is 0. The molecule has 0 amide bonds. The summed E-state index contributed by atoms with van der Waals surface area (Å²) in [7, 11) is 0. The van der Waals surface area contributed by atoms with Crippen LogP contribution in [0.5, 0.6) is 0 Å². The molecule has 2 nitrogen and oxygen atoms in total. The third-order valence-electron chi connectivity index (χ3n) is 2.03. The minimum Gasteiger partial charge on any atom is -0.192 e. The van der Waals surface area contributed by atoms with Gasteiger partial charge in [-0.1, -0.05) is 12.1 Å². The van der Waals surface area contributed by atoms with Gasteiger partial charge in [-0.3, -0.25) is 0 Å². The number of hydrogen-bond acceptors (Lipinski definition) is 2. The smallest absolute Gasteiger partial charge is 0.0998 e. The maximum Gasteiger partial charge on any atom is 0.0998 e. The molecule has 0 aliphatic carbocycles. The van der Waals surface area contributed by atoms with E-state index in [0.29, 0.717) is 11.1 Å². The van der Waals surface area contributed by atoms with E-state index in [9.17, 15) is 0 Å². The first-order chi connectivity index (χ1) is 6.85. The molecule has 0 spiro atoms. The molecule has 0 aliphatic heterocycles. The Bertz CT molecular complexity index is 571. The highest BCUT2D eigenvalue weighted by molar-refractivity contribution is 5.88. The van der Waals surface area contributed by atoms with Gasteiger partial charge in [-0.2, -0.15) is 10.5 Å². The van der Waals surface area contributed by atoms with Crippen LogP contribution in [-0.2, 0) is 0 Å². The van der Waals surface area contributed by atoms with Gasteiger partial charge in [0.2, 0.25) is 0 Å². The van der Waals surface area contributed by atoms with Gasteiger partial charge >= 0.3 is 0 Å². The van der Waals surface area contributed by atoms with Crippen molar-refractivity contribution in [2.45, 2.75) is 0 Å². The molecule has 2 heteroatoms. The average molecular weight is 177 g/mol. The third-order valence-corrected chi connectivity index (χ3v) is 2.03. The van der Waals surface area contributed by atoms with Crippen molar-refractivity contribution in [2.24, 2.45) is 0 Å². The largest absolute Gasteiger partial charge is 0.192 e. The molecule has 2 rings (SSSR count). The highest BCUT2D eigenvalue weighted by Gasteiger charge is 2.00. The topological polar surface area (TPSA) is 47.6 Å². The maximum absolute atomic E-state index is 8.83. The van der Waals surface area contributed by atoms with Gasteiger partial charge in [0.25, 0.3) is 0 Å². The first-order valence-corrected chi connectivity index (χ1v) is 4.10. The number of rotatable bonds is 0. The van der Waals surface area contributed by atoms with E-state index < -0.39 is 0 Å². The van der Waals surface area contributed by atoms with Crippen LogP contribution in [-0.4, -0.2) is 0 Å². The molecule has 2 aromatic rings. The molecule has 0 unspecified atom stereocenters. The fourth-order valence-electron chi connectivity index (χ4n) is 1.37. The summed E-state index contributed by atoms with van der Waals surface area (Å²) in [5.74, 6) is 0. The molecule has 0 N–H and O–H groups in total. The van der Waals surface area contributed by atoms with Gasteiger partial charge < -0.3 is 0 Å². The highest BCUT2D eigenvalue weighted by Crippen LogP contribution is 2.18. The predicted molar refractivity (Wildman–Crippen MR) is 52.2 cm³/mol. The van der Waals surface area contributed by atoms with Crippen LogP contribution in [0.1, 0.15) is 11.1 Å². The summed E-state index contributed by atoms with van der Waals surface area (Å²) in [5.41, 5.74) is 1.15. The molecule has 0 aromatic heterocycles. The molecule has 0 fully saturated rings. The number of nitrogens with zero attached hydrogens (tertiary/aromatic N) is 2. The molecule has 1 radical (unpaired) electrons. The van der Waals surface area contributed by atoms with Crippen molar-refractivity contribution in [3.05, 3.63) is 47.5 Å². The number of fused-ring (bicyclic) bond motifs is 1. The maximum atomic E-state index is 8.83. The van der Waals surface area contributed by atoms with E-state index in [1.165, 1.54) is 0 Å². The Labute approximate surface area is 81.6 Å². The van der Waals surface area contributed by atoms with Crippen molar-refractivity contribution in [1.82, 2.24) is 0 Å². The first kappa shape index (κ1) is 8.29. The van der Waals surface area contributed by atoms with Crippen molar-refractivity contribution in [1.29, 1.82) is 10.5 Å². The van der Waals surface area contributed by atoms with E-state index in [1.807, 2.05) is 12.1 Å². The predicted octanol–water partition coefficient (Wildman–Crippen LogP) is 2.38. The van der Waals surface area contributed by atoms with Crippen LogP contribution in [0.4, 0.5) is 0 Å². The molecule has 14 heavy (non-hydrogen) atoms. The first-order valence-electron chi connectivity index (χ1n) is 4.10. The lowest BCUT2D eigenvalue weighted by atomic mass is 10.0. The van der Waals surface area contributed by atoms with Crippen molar-refractivity contribution < 1.29 is 0 Å². The number of nitriles is 2. The van der Waals surface area contributed by atoms with E-state index in [2.05, 4.69) is 12.1 Å². The monoisotopic (exact) mass is 177 g/mol. The number of hydrogen-bond donors (Lipinski definition) is 0. The number of benzene rings is 2. The molecule has 0 atom stereocenters. The molecule has 0 saturated carbocycles. The van der Waals surface area contributed by atoms with Crippen molar-refractivity contribution in [2.75, 3.05) is 0 Å². The van der Waals surface area contributed by atoms with Gasteiger partial charge in [-0.25, -0.2) is 0 Å². The summed E-state index contributed by atoms with van der Waals surface area (Å²) in [5, 5.41) is 19.2. The fourth-order valence-corrected chi connectivity index (χ4v) is 1.37. The Morgan fingerprint density at radius 3 is 2.71 bits per heavy atom. The Morgan fingerprint density at radius 2 is 2.00 bits per heavy atom. The molecule has 0 saturated heterocycles. The molecule has 2 aromatic carbocycles. The SMILES string of the molecule is N#Cc1c[c]c2c(C#N)cccc2c1. The van der Waals surface area contributed by atoms with Gasteiger partial charge in [0.1, 0.15) is 0 Å². The lowest BCUT2D eigenvalue weighted by Gasteiger charge is -1.98. The second-order valence-electron chi connectivity index (χ2n) is 2.88. The zero-order valence-corrected chi connectivity index (χ0v) is 7.28. The Kier molecular flexibility index (Phi) is 1.89. The highest BCUT2D eigenvalue weighted by atomic mass is 14.2. The fraction of sp³-hybridized carbons (Fsp3) is 0. The van der Waals surface area contributed by atoms with Crippen molar-refractivity contribution in [3.63, 3.8) is 0 Å². The molecule has 63 valence electrons. The second kappa shape index (κ2) is 3.20. The zero-order chi connectivity index (χ0) is 9.97. The van der Waals surface area contributed by atoms with Crippen LogP contribution in [0.15, 0.2) is 30.3 Å². The quantitative estimate of drug-likeness (QED) is 0.620. The normalized spacial score (nSPS) is 9.29.